The molecule has 0 aliphatic heterocycles. The molecule has 1 aromatic heterocycles. The second-order valence-corrected chi connectivity index (χ2v) is 4.33. The van der Waals surface area contributed by atoms with Crippen molar-refractivity contribution in [3.63, 3.8) is 0 Å². The first kappa shape index (κ1) is 13.6. The van der Waals surface area contributed by atoms with E-state index in [1.54, 1.807) is 6.07 Å². The first-order chi connectivity index (χ1) is 9.17. The lowest BCUT2D eigenvalue weighted by molar-refractivity contribution is 0.290. The van der Waals surface area contributed by atoms with E-state index in [1.165, 1.54) is 0 Å². The summed E-state index contributed by atoms with van der Waals surface area (Å²) in [4.78, 5) is 8.36. The Bertz CT molecular complexity index is 541. The van der Waals surface area contributed by atoms with Gasteiger partial charge in [0.1, 0.15) is 23.3 Å². The van der Waals surface area contributed by atoms with Crippen LogP contribution in [-0.4, -0.2) is 16.6 Å². The van der Waals surface area contributed by atoms with Crippen LogP contribution < -0.4 is 9.47 Å². The van der Waals surface area contributed by atoms with E-state index in [4.69, 9.17) is 21.1 Å². The first-order valence-corrected chi connectivity index (χ1v) is 6.41. The fourth-order valence-corrected chi connectivity index (χ4v) is 1.88. The van der Waals surface area contributed by atoms with E-state index in [1.807, 2.05) is 38.1 Å². The van der Waals surface area contributed by atoms with Gasteiger partial charge in [-0.05, 0) is 32.0 Å². The van der Waals surface area contributed by atoms with Crippen LogP contribution in [0.3, 0.4) is 0 Å². The quantitative estimate of drug-likeness (QED) is 0.786. The molecule has 2 aromatic rings. The number of aryl methyl sites for hydroxylation is 1. The normalized spacial score (nSPS) is 10.3. The average molecular weight is 279 g/mol. The van der Waals surface area contributed by atoms with Crippen molar-refractivity contribution in [3.8, 4) is 11.5 Å². The maximum absolute atomic E-state index is 5.87. The molecule has 0 aliphatic rings. The Kier molecular flexibility index (Phi) is 4.58. The summed E-state index contributed by atoms with van der Waals surface area (Å²) < 4.78 is 11.0. The van der Waals surface area contributed by atoms with Crippen LogP contribution >= 0.6 is 11.6 Å². The molecule has 0 aliphatic carbocycles. The van der Waals surface area contributed by atoms with Crippen LogP contribution in [0, 0.1) is 6.92 Å². The molecule has 0 atom stereocenters. The van der Waals surface area contributed by atoms with Gasteiger partial charge in [-0.1, -0.05) is 17.7 Å². The molecule has 0 saturated carbocycles. The largest absolute Gasteiger partial charge is 0.494 e. The number of halogens is 1. The second-order valence-electron chi connectivity index (χ2n) is 3.94. The van der Waals surface area contributed by atoms with Gasteiger partial charge >= 0.3 is 0 Å². The number of hydrogen-bond donors (Lipinski definition) is 0. The molecule has 0 amide bonds. The van der Waals surface area contributed by atoms with E-state index in [-0.39, 0.29) is 6.61 Å². The summed E-state index contributed by atoms with van der Waals surface area (Å²) in [7, 11) is 0. The SMILES string of the molecule is CCOc1cccc(OCc2nc(C)cc(Cl)n2)c1. The van der Waals surface area contributed by atoms with Crippen molar-refractivity contribution in [1.82, 2.24) is 9.97 Å². The highest BCUT2D eigenvalue weighted by Gasteiger charge is 2.03. The predicted molar refractivity (Wildman–Crippen MR) is 73.7 cm³/mol. The number of nitrogens with zero attached hydrogens (tertiary/aromatic N) is 2. The smallest absolute Gasteiger partial charge is 0.167 e. The molecular weight excluding hydrogens is 264 g/mol. The maximum atomic E-state index is 5.87. The number of rotatable bonds is 5. The van der Waals surface area contributed by atoms with Gasteiger partial charge in [-0.15, -0.1) is 0 Å². The first-order valence-electron chi connectivity index (χ1n) is 6.03. The maximum Gasteiger partial charge on any atom is 0.167 e. The van der Waals surface area contributed by atoms with Gasteiger partial charge in [0.25, 0.3) is 0 Å². The van der Waals surface area contributed by atoms with Crippen LogP contribution in [0.5, 0.6) is 11.5 Å². The van der Waals surface area contributed by atoms with Crippen LogP contribution in [0.25, 0.3) is 0 Å². The summed E-state index contributed by atoms with van der Waals surface area (Å²) in [5.41, 5.74) is 0.821. The van der Waals surface area contributed by atoms with Gasteiger partial charge in [0.2, 0.25) is 0 Å². The number of ether oxygens (including phenoxy) is 2. The van der Waals surface area contributed by atoms with Crippen LogP contribution in [0.1, 0.15) is 18.4 Å². The summed E-state index contributed by atoms with van der Waals surface area (Å²) >= 11 is 5.87. The van der Waals surface area contributed by atoms with Gasteiger partial charge in [0.05, 0.1) is 6.61 Å². The lowest BCUT2D eigenvalue weighted by Gasteiger charge is -2.08. The van der Waals surface area contributed by atoms with E-state index in [9.17, 15) is 0 Å². The molecular formula is C14H15ClN2O2. The molecule has 0 fully saturated rings. The number of benzene rings is 1. The summed E-state index contributed by atoms with van der Waals surface area (Å²) in [6.45, 7) is 4.71. The van der Waals surface area contributed by atoms with Crippen LogP contribution in [-0.2, 0) is 6.61 Å². The van der Waals surface area contributed by atoms with Crippen LogP contribution in [0.15, 0.2) is 30.3 Å². The summed E-state index contributed by atoms with van der Waals surface area (Å²) in [5.74, 6) is 2.06. The highest BCUT2D eigenvalue weighted by molar-refractivity contribution is 6.29. The highest BCUT2D eigenvalue weighted by Crippen LogP contribution is 2.20. The fraction of sp³-hybridized carbons (Fsp3) is 0.286. The van der Waals surface area contributed by atoms with Crippen molar-refractivity contribution >= 4 is 11.6 Å². The van der Waals surface area contributed by atoms with E-state index in [2.05, 4.69) is 9.97 Å². The minimum atomic E-state index is 0.275. The highest BCUT2D eigenvalue weighted by atomic mass is 35.5. The van der Waals surface area contributed by atoms with Gasteiger partial charge < -0.3 is 9.47 Å². The molecule has 5 heteroatoms. The minimum Gasteiger partial charge on any atom is -0.494 e. The molecule has 0 saturated heterocycles. The Labute approximate surface area is 117 Å². The molecule has 0 unspecified atom stereocenters. The van der Waals surface area contributed by atoms with Crippen molar-refractivity contribution in [1.29, 1.82) is 0 Å². The minimum absolute atomic E-state index is 0.275. The zero-order valence-electron chi connectivity index (χ0n) is 10.9. The lowest BCUT2D eigenvalue weighted by atomic mass is 10.3. The molecule has 0 N–H and O–H groups in total. The standard InChI is InChI=1S/C14H15ClN2O2/c1-3-18-11-5-4-6-12(8-11)19-9-14-16-10(2)7-13(15)17-14/h4-8H,3,9H2,1-2H3. The van der Waals surface area contributed by atoms with E-state index < -0.39 is 0 Å². The Morgan fingerprint density at radius 3 is 2.53 bits per heavy atom. The molecule has 0 radical (unpaired) electrons. The zero-order valence-corrected chi connectivity index (χ0v) is 11.6. The van der Waals surface area contributed by atoms with Crippen LogP contribution in [0.2, 0.25) is 5.15 Å². The average Bonchev–Trinajstić information content (AvgIpc) is 2.36. The van der Waals surface area contributed by atoms with E-state index in [0.717, 1.165) is 11.4 Å². The van der Waals surface area contributed by atoms with Crippen molar-refractivity contribution < 1.29 is 9.47 Å². The van der Waals surface area contributed by atoms with Crippen molar-refractivity contribution in [3.05, 3.63) is 47.0 Å². The molecule has 19 heavy (non-hydrogen) atoms. The molecule has 2 rings (SSSR count). The van der Waals surface area contributed by atoms with Crippen LogP contribution in [0.4, 0.5) is 0 Å². The van der Waals surface area contributed by atoms with Gasteiger partial charge in [0, 0.05) is 11.8 Å². The van der Waals surface area contributed by atoms with Gasteiger partial charge in [-0.2, -0.15) is 0 Å². The Balaban J connectivity index is 2.03. The fourth-order valence-electron chi connectivity index (χ4n) is 1.62. The van der Waals surface area contributed by atoms with E-state index >= 15 is 0 Å². The third-order valence-corrected chi connectivity index (χ3v) is 2.55. The monoisotopic (exact) mass is 278 g/mol. The second kappa shape index (κ2) is 6.38. The molecule has 4 nitrogen and oxygen atoms in total. The van der Waals surface area contributed by atoms with Gasteiger partial charge in [-0.3, -0.25) is 0 Å². The predicted octanol–water partition coefficient (Wildman–Crippen LogP) is 3.42. The Morgan fingerprint density at radius 2 is 1.84 bits per heavy atom. The third kappa shape index (κ3) is 4.10. The van der Waals surface area contributed by atoms with Gasteiger partial charge in [-0.25, -0.2) is 9.97 Å². The summed E-state index contributed by atoms with van der Waals surface area (Å²) in [5, 5.41) is 0.425. The molecule has 1 heterocycles. The molecule has 1 aromatic carbocycles. The van der Waals surface area contributed by atoms with Crippen molar-refractivity contribution in [2.75, 3.05) is 6.61 Å². The molecule has 0 spiro atoms. The van der Waals surface area contributed by atoms with Crippen molar-refractivity contribution in [2.45, 2.75) is 20.5 Å². The molecule has 100 valence electrons. The van der Waals surface area contributed by atoms with Crippen molar-refractivity contribution in [2.24, 2.45) is 0 Å². The molecule has 0 bridgehead atoms. The lowest BCUT2D eigenvalue weighted by Crippen LogP contribution is -2.03. The zero-order chi connectivity index (χ0) is 13.7. The Hall–Kier alpha value is -1.81. The summed E-state index contributed by atoms with van der Waals surface area (Å²) in [6, 6.07) is 9.17. The number of aromatic nitrogens is 2. The van der Waals surface area contributed by atoms with Gasteiger partial charge in [0.15, 0.2) is 5.82 Å². The topological polar surface area (TPSA) is 44.2 Å². The number of hydrogen-bond acceptors (Lipinski definition) is 4. The Morgan fingerprint density at radius 1 is 1.11 bits per heavy atom. The summed E-state index contributed by atoms with van der Waals surface area (Å²) in [6.07, 6.45) is 0. The van der Waals surface area contributed by atoms with E-state index in [0.29, 0.717) is 23.3 Å². The third-order valence-electron chi connectivity index (χ3n) is 2.35.